The first-order valence-electron chi connectivity index (χ1n) is 8.42. The maximum atomic E-state index is 13.3. The molecule has 3 heterocycles. The molecular weight excluding hydrogens is 321 g/mol. The highest BCUT2D eigenvalue weighted by atomic mass is 32.1. The Morgan fingerprint density at radius 1 is 1.00 bits per heavy atom. The van der Waals surface area contributed by atoms with Crippen molar-refractivity contribution in [3.63, 3.8) is 0 Å². The fourth-order valence-corrected chi connectivity index (χ4v) is 4.58. The smallest absolute Gasteiger partial charge is 0.141 e. The maximum absolute atomic E-state index is 13.3. The number of nitrogens with zero attached hydrogens (tertiary/aromatic N) is 3. The summed E-state index contributed by atoms with van der Waals surface area (Å²) in [5.41, 5.74) is 2.18. The molecule has 1 aliphatic rings. The zero-order valence-electron chi connectivity index (χ0n) is 14.0. The first-order chi connectivity index (χ1) is 11.6. The molecule has 0 aliphatic carbocycles. The van der Waals surface area contributed by atoms with Gasteiger partial charge in [-0.2, -0.15) is 0 Å². The van der Waals surface area contributed by atoms with Gasteiger partial charge in [0, 0.05) is 23.5 Å². The van der Waals surface area contributed by atoms with Crippen LogP contribution in [0.15, 0.2) is 24.3 Å². The van der Waals surface area contributed by atoms with Crippen LogP contribution in [0.3, 0.4) is 0 Å². The first kappa shape index (κ1) is 15.5. The minimum Gasteiger partial charge on any atom is -0.356 e. The summed E-state index contributed by atoms with van der Waals surface area (Å²) in [7, 11) is 0. The van der Waals surface area contributed by atoms with Crippen molar-refractivity contribution in [3.05, 3.63) is 40.8 Å². The van der Waals surface area contributed by atoms with Gasteiger partial charge in [-0.05, 0) is 50.8 Å². The zero-order valence-corrected chi connectivity index (χ0v) is 14.8. The van der Waals surface area contributed by atoms with Gasteiger partial charge in [-0.15, -0.1) is 11.3 Å². The standard InChI is InChI=1S/C19H20FN3S/c1-12-16(14-6-8-15(20)9-7-14)17-18(23-10-4-3-5-11-23)21-13(2)22-19(17)24-12/h6-9H,3-5,10-11H2,1-2H3. The molecule has 0 saturated carbocycles. The van der Waals surface area contributed by atoms with Crippen molar-refractivity contribution in [2.75, 3.05) is 18.0 Å². The molecule has 24 heavy (non-hydrogen) atoms. The second kappa shape index (κ2) is 6.13. The summed E-state index contributed by atoms with van der Waals surface area (Å²) >= 11 is 1.70. The van der Waals surface area contributed by atoms with Crippen molar-refractivity contribution in [2.45, 2.75) is 33.1 Å². The lowest BCUT2D eigenvalue weighted by Gasteiger charge is -2.28. The van der Waals surface area contributed by atoms with Crippen LogP contribution in [0, 0.1) is 19.7 Å². The number of rotatable bonds is 2. The highest BCUT2D eigenvalue weighted by Crippen LogP contribution is 2.42. The van der Waals surface area contributed by atoms with E-state index in [0.29, 0.717) is 0 Å². The van der Waals surface area contributed by atoms with E-state index in [2.05, 4.69) is 16.8 Å². The SMILES string of the molecule is Cc1nc(N2CCCCC2)c2c(-c3ccc(F)cc3)c(C)sc2n1. The van der Waals surface area contributed by atoms with Crippen LogP contribution in [-0.2, 0) is 0 Å². The number of anilines is 1. The van der Waals surface area contributed by atoms with Gasteiger partial charge in [0.25, 0.3) is 0 Å². The van der Waals surface area contributed by atoms with Gasteiger partial charge in [-0.1, -0.05) is 12.1 Å². The Bertz CT molecular complexity index is 880. The fraction of sp³-hybridized carbons (Fsp3) is 0.368. The molecule has 1 saturated heterocycles. The molecule has 5 heteroatoms. The number of benzene rings is 1. The van der Waals surface area contributed by atoms with Crippen LogP contribution in [0.2, 0.25) is 0 Å². The second-order valence-electron chi connectivity index (χ2n) is 6.36. The summed E-state index contributed by atoms with van der Waals surface area (Å²) in [6.45, 7) is 6.16. The van der Waals surface area contributed by atoms with E-state index in [-0.39, 0.29) is 5.82 Å². The molecule has 0 atom stereocenters. The highest BCUT2D eigenvalue weighted by molar-refractivity contribution is 7.19. The monoisotopic (exact) mass is 341 g/mol. The van der Waals surface area contributed by atoms with Gasteiger partial charge >= 0.3 is 0 Å². The molecule has 4 rings (SSSR count). The molecule has 124 valence electrons. The summed E-state index contributed by atoms with van der Waals surface area (Å²) in [4.78, 5) is 14.1. The van der Waals surface area contributed by atoms with Gasteiger partial charge in [0.15, 0.2) is 0 Å². The van der Waals surface area contributed by atoms with Crippen molar-refractivity contribution in [1.82, 2.24) is 9.97 Å². The molecule has 0 bridgehead atoms. The molecule has 1 aliphatic heterocycles. The van der Waals surface area contributed by atoms with Gasteiger partial charge in [0.2, 0.25) is 0 Å². The van der Waals surface area contributed by atoms with Gasteiger partial charge in [-0.25, -0.2) is 14.4 Å². The Hall–Kier alpha value is -2.01. The molecule has 0 unspecified atom stereocenters. The minimum atomic E-state index is -0.209. The third kappa shape index (κ3) is 2.67. The average molecular weight is 341 g/mol. The Kier molecular flexibility index (Phi) is 3.96. The normalized spacial score (nSPS) is 15.2. The molecule has 2 aromatic heterocycles. The van der Waals surface area contributed by atoms with Gasteiger partial charge in [-0.3, -0.25) is 0 Å². The van der Waals surface area contributed by atoms with Crippen molar-refractivity contribution >= 4 is 27.4 Å². The average Bonchev–Trinajstić information content (AvgIpc) is 2.91. The Labute approximate surface area is 145 Å². The van der Waals surface area contributed by atoms with Gasteiger partial charge in [0.05, 0.1) is 5.39 Å². The fourth-order valence-electron chi connectivity index (χ4n) is 3.50. The van der Waals surface area contributed by atoms with Crippen molar-refractivity contribution in [1.29, 1.82) is 0 Å². The Morgan fingerprint density at radius 3 is 2.42 bits per heavy atom. The van der Waals surface area contributed by atoms with E-state index >= 15 is 0 Å². The van der Waals surface area contributed by atoms with Crippen molar-refractivity contribution < 1.29 is 4.39 Å². The maximum Gasteiger partial charge on any atom is 0.141 e. The van der Waals surface area contributed by atoms with Crippen LogP contribution in [-0.4, -0.2) is 23.1 Å². The van der Waals surface area contributed by atoms with E-state index in [1.807, 2.05) is 19.1 Å². The molecule has 0 spiro atoms. The van der Waals surface area contributed by atoms with Crippen LogP contribution < -0.4 is 4.90 Å². The zero-order chi connectivity index (χ0) is 16.7. The number of fused-ring (bicyclic) bond motifs is 1. The van der Waals surface area contributed by atoms with Crippen LogP contribution in [0.1, 0.15) is 30.0 Å². The molecule has 1 fully saturated rings. The molecular formula is C19H20FN3S. The topological polar surface area (TPSA) is 29.0 Å². The van der Waals surface area contributed by atoms with E-state index in [1.165, 1.54) is 36.3 Å². The lowest BCUT2D eigenvalue weighted by atomic mass is 10.0. The summed E-state index contributed by atoms with van der Waals surface area (Å²) in [6.07, 6.45) is 3.70. The largest absolute Gasteiger partial charge is 0.356 e. The van der Waals surface area contributed by atoms with Crippen molar-refractivity contribution in [3.8, 4) is 11.1 Å². The van der Waals surface area contributed by atoms with Crippen LogP contribution in [0.25, 0.3) is 21.3 Å². The first-order valence-corrected chi connectivity index (χ1v) is 9.24. The van der Waals surface area contributed by atoms with E-state index in [0.717, 1.165) is 46.1 Å². The molecule has 3 aromatic rings. The van der Waals surface area contributed by atoms with E-state index in [9.17, 15) is 4.39 Å². The number of hydrogen-bond acceptors (Lipinski definition) is 4. The molecule has 0 amide bonds. The lowest BCUT2D eigenvalue weighted by Crippen LogP contribution is -2.30. The molecule has 3 nitrogen and oxygen atoms in total. The molecule has 0 N–H and O–H groups in total. The summed E-state index contributed by atoms with van der Waals surface area (Å²) in [6, 6.07) is 6.75. The number of thiophene rings is 1. The van der Waals surface area contributed by atoms with Gasteiger partial charge < -0.3 is 4.90 Å². The summed E-state index contributed by atoms with van der Waals surface area (Å²) in [5.74, 6) is 1.65. The van der Waals surface area contributed by atoms with E-state index < -0.39 is 0 Å². The second-order valence-corrected chi connectivity index (χ2v) is 7.57. The van der Waals surface area contributed by atoms with Gasteiger partial charge in [0.1, 0.15) is 22.3 Å². The number of hydrogen-bond donors (Lipinski definition) is 0. The number of halogens is 1. The molecule has 0 radical (unpaired) electrons. The Balaban J connectivity index is 1.96. The number of aromatic nitrogens is 2. The van der Waals surface area contributed by atoms with Crippen LogP contribution >= 0.6 is 11.3 Å². The third-order valence-corrected chi connectivity index (χ3v) is 5.61. The van der Waals surface area contributed by atoms with E-state index in [1.54, 1.807) is 11.3 Å². The predicted molar refractivity (Wildman–Crippen MR) is 98.3 cm³/mol. The van der Waals surface area contributed by atoms with Crippen LogP contribution in [0.5, 0.6) is 0 Å². The summed E-state index contributed by atoms with van der Waals surface area (Å²) in [5, 5.41) is 1.12. The number of piperidine rings is 1. The van der Waals surface area contributed by atoms with E-state index in [4.69, 9.17) is 4.98 Å². The predicted octanol–water partition coefficient (Wildman–Crippen LogP) is 5.10. The quantitative estimate of drug-likeness (QED) is 0.649. The third-order valence-electron chi connectivity index (χ3n) is 4.61. The minimum absolute atomic E-state index is 0.209. The molecule has 1 aromatic carbocycles. The van der Waals surface area contributed by atoms with Crippen LogP contribution in [0.4, 0.5) is 10.2 Å². The summed E-state index contributed by atoms with van der Waals surface area (Å²) < 4.78 is 13.3. The highest BCUT2D eigenvalue weighted by Gasteiger charge is 2.22. The Morgan fingerprint density at radius 2 is 1.71 bits per heavy atom. The number of aryl methyl sites for hydroxylation is 2. The van der Waals surface area contributed by atoms with Crippen molar-refractivity contribution in [2.24, 2.45) is 0 Å². The lowest BCUT2D eigenvalue weighted by molar-refractivity contribution is 0.574.